The minimum absolute atomic E-state index is 0.211. The van der Waals surface area contributed by atoms with Gasteiger partial charge in [-0.3, -0.25) is 4.79 Å². The van der Waals surface area contributed by atoms with E-state index < -0.39 is 6.41 Å². The molecule has 0 aromatic carbocycles. The maximum Gasteiger partial charge on any atom is 0.216 e. The summed E-state index contributed by atoms with van der Waals surface area (Å²) in [6, 6.07) is 0.422. The zero-order chi connectivity index (χ0) is 10.1. The first-order valence-corrected chi connectivity index (χ1v) is 5.31. The molecule has 3 atom stereocenters. The van der Waals surface area contributed by atoms with Crippen LogP contribution in [0.1, 0.15) is 32.6 Å². The van der Waals surface area contributed by atoms with Gasteiger partial charge in [0.15, 0.2) is 0 Å². The van der Waals surface area contributed by atoms with E-state index in [4.69, 9.17) is 4.74 Å². The highest BCUT2D eigenvalue weighted by Gasteiger charge is 2.43. The van der Waals surface area contributed by atoms with Crippen LogP contribution in [0.25, 0.3) is 0 Å². The Hall–Kier alpha value is -0.450. The molecule has 3 unspecified atom stereocenters. The Kier molecular flexibility index (Phi) is 2.85. The zero-order valence-electron chi connectivity index (χ0n) is 8.48. The molecule has 0 radical (unpaired) electrons. The van der Waals surface area contributed by atoms with Crippen LogP contribution in [-0.2, 0) is 9.53 Å². The van der Waals surface area contributed by atoms with Gasteiger partial charge in [0.05, 0.1) is 0 Å². The van der Waals surface area contributed by atoms with Crippen LogP contribution in [0.2, 0.25) is 0 Å². The van der Waals surface area contributed by atoms with Gasteiger partial charge in [-0.05, 0) is 19.8 Å². The quantitative estimate of drug-likeness (QED) is 0.672. The number of hydrogen-bond donors (Lipinski definition) is 1. The first-order chi connectivity index (χ1) is 6.72. The lowest BCUT2D eigenvalue weighted by atomic mass is 10.0. The Bertz CT molecular complexity index is 215. The number of aliphatic hydroxyl groups is 1. The third kappa shape index (κ3) is 1.69. The lowest BCUT2D eigenvalue weighted by Gasteiger charge is -2.36. The molecular formula is C10H17NO3. The second-order valence-corrected chi connectivity index (χ2v) is 4.06. The second kappa shape index (κ2) is 3.96. The maximum absolute atomic E-state index is 11.3. The third-order valence-electron chi connectivity index (χ3n) is 3.17. The van der Waals surface area contributed by atoms with E-state index in [2.05, 4.69) is 0 Å². The van der Waals surface area contributed by atoms with Gasteiger partial charge in [0.25, 0.3) is 0 Å². The molecule has 2 saturated heterocycles. The number of carbonyl (C=O) groups excluding carboxylic acids is 1. The van der Waals surface area contributed by atoms with Crippen molar-refractivity contribution in [2.75, 3.05) is 6.61 Å². The van der Waals surface area contributed by atoms with Crippen molar-refractivity contribution in [3.63, 3.8) is 0 Å². The number of Topliss-reactive ketones (excluding diaryl/α,β-unsaturated/α-hetero) is 1. The number of nitrogens with zero attached hydrogens (tertiary/aromatic N) is 1. The molecule has 2 bridgehead atoms. The standard InChI is InChI=1S/C10H17NO3/c1-2-14-10(13)11-7-3-4-8(11)6-9(12)5-7/h7-8,10,13H,2-6H2,1H3. The van der Waals surface area contributed by atoms with E-state index in [1.807, 2.05) is 11.8 Å². The summed E-state index contributed by atoms with van der Waals surface area (Å²) in [6.07, 6.45) is 2.38. The van der Waals surface area contributed by atoms with E-state index >= 15 is 0 Å². The van der Waals surface area contributed by atoms with Gasteiger partial charge < -0.3 is 9.84 Å². The predicted molar refractivity (Wildman–Crippen MR) is 50.5 cm³/mol. The van der Waals surface area contributed by atoms with E-state index in [0.717, 1.165) is 12.8 Å². The van der Waals surface area contributed by atoms with Crippen molar-refractivity contribution in [2.45, 2.75) is 51.1 Å². The monoisotopic (exact) mass is 199 g/mol. The van der Waals surface area contributed by atoms with Crippen molar-refractivity contribution >= 4 is 5.78 Å². The van der Waals surface area contributed by atoms with Crippen LogP contribution in [0.15, 0.2) is 0 Å². The highest BCUT2D eigenvalue weighted by atomic mass is 16.6. The van der Waals surface area contributed by atoms with Crippen molar-refractivity contribution in [2.24, 2.45) is 0 Å². The average Bonchev–Trinajstić information content (AvgIpc) is 2.39. The SMILES string of the molecule is CCOC(O)N1C2CCC1CC(=O)C2. The number of piperidine rings is 1. The summed E-state index contributed by atoms with van der Waals surface area (Å²) < 4.78 is 5.17. The molecule has 0 aromatic heterocycles. The van der Waals surface area contributed by atoms with Crippen LogP contribution in [0, 0.1) is 0 Å². The predicted octanol–water partition coefficient (Wildman–Crippen LogP) is 0.495. The molecule has 2 aliphatic heterocycles. The normalized spacial score (nSPS) is 34.9. The fraction of sp³-hybridized carbons (Fsp3) is 0.900. The van der Waals surface area contributed by atoms with Crippen LogP contribution < -0.4 is 0 Å². The minimum atomic E-state index is -0.814. The van der Waals surface area contributed by atoms with Crippen LogP contribution >= 0.6 is 0 Å². The number of aliphatic hydroxyl groups excluding tert-OH is 1. The molecular weight excluding hydrogens is 182 g/mol. The number of hydrogen-bond acceptors (Lipinski definition) is 4. The second-order valence-electron chi connectivity index (χ2n) is 4.06. The fourth-order valence-corrected chi connectivity index (χ4v) is 2.60. The lowest BCUT2D eigenvalue weighted by molar-refractivity contribution is -0.211. The molecule has 0 aromatic rings. The molecule has 80 valence electrons. The summed E-state index contributed by atoms with van der Waals surface area (Å²) in [5.74, 6) is 0.331. The summed E-state index contributed by atoms with van der Waals surface area (Å²) in [4.78, 5) is 13.3. The Labute approximate surface area is 83.8 Å². The van der Waals surface area contributed by atoms with Crippen molar-refractivity contribution in [3.8, 4) is 0 Å². The first-order valence-electron chi connectivity index (χ1n) is 5.31. The Morgan fingerprint density at radius 2 is 2.07 bits per heavy atom. The van der Waals surface area contributed by atoms with Crippen molar-refractivity contribution in [3.05, 3.63) is 0 Å². The van der Waals surface area contributed by atoms with Gasteiger partial charge >= 0.3 is 0 Å². The number of carbonyl (C=O) groups is 1. The molecule has 0 amide bonds. The van der Waals surface area contributed by atoms with Gasteiger partial charge in [-0.1, -0.05) is 0 Å². The van der Waals surface area contributed by atoms with Crippen molar-refractivity contribution in [1.29, 1.82) is 0 Å². The van der Waals surface area contributed by atoms with E-state index in [1.165, 1.54) is 0 Å². The van der Waals surface area contributed by atoms with Crippen molar-refractivity contribution < 1.29 is 14.6 Å². The Morgan fingerprint density at radius 1 is 1.50 bits per heavy atom. The summed E-state index contributed by atoms with van der Waals surface area (Å²) in [6.45, 7) is 2.37. The van der Waals surface area contributed by atoms with Crippen molar-refractivity contribution in [1.82, 2.24) is 4.90 Å². The molecule has 0 aliphatic carbocycles. The lowest BCUT2D eigenvalue weighted by Crippen LogP contribution is -2.50. The maximum atomic E-state index is 11.3. The van der Waals surface area contributed by atoms with E-state index in [-0.39, 0.29) is 12.1 Å². The molecule has 4 heteroatoms. The number of ether oxygens (including phenoxy) is 1. The summed E-state index contributed by atoms with van der Waals surface area (Å²) in [5, 5.41) is 9.73. The van der Waals surface area contributed by atoms with Gasteiger partial charge in [-0.2, -0.15) is 0 Å². The van der Waals surface area contributed by atoms with E-state index in [9.17, 15) is 9.90 Å². The Morgan fingerprint density at radius 3 is 2.57 bits per heavy atom. The summed E-state index contributed by atoms with van der Waals surface area (Å²) in [7, 11) is 0. The van der Waals surface area contributed by atoms with Gasteiger partial charge in [0.1, 0.15) is 5.78 Å². The van der Waals surface area contributed by atoms with Crippen LogP contribution in [0.4, 0.5) is 0 Å². The largest absolute Gasteiger partial charge is 0.356 e. The topological polar surface area (TPSA) is 49.8 Å². The minimum Gasteiger partial charge on any atom is -0.356 e. The average molecular weight is 199 g/mol. The highest BCUT2D eigenvalue weighted by Crippen LogP contribution is 2.35. The van der Waals surface area contributed by atoms with Gasteiger partial charge in [-0.15, -0.1) is 0 Å². The molecule has 2 heterocycles. The summed E-state index contributed by atoms with van der Waals surface area (Å²) >= 11 is 0. The Balaban J connectivity index is 2.03. The zero-order valence-corrected chi connectivity index (χ0v) is 8.48. The number of rotatable bonds is 3. The van der Waals surface area contributed by atoms with Gasteiger partial charge in [0, 0.05) is 31.5 Å². The van der Waals surface area contributed by atoms with Crippen LogP contribution in [-0.4, -0.2) is 40.9 Å². The molecule has 0 spiro atoms. The first kappa shape index (κ1) is 10.1. The summed E-state index contributed by atoms with van der Waals surface area (Å²) in [5.41, 5.74) is 0. The molecule has 2 aliphatic rings. The molecule has 4 nitrogen and oxygen atoms in total. The van der Waals surface area contributed by atoms with Crippen LogP contribution in [0.5, 0.6) is 0 Å². The smallest absolute Gasteiger partial charge is 0.216 e. The van der Waals surface area contributed by atoms with Gasteiger partial charge in [-0.25, -0.2) is 4.90 Å². The van der Waals surface area contributed by atoms with E-state index in [1.54, 1.807) is 0 Å². The van der Waals surface area contributed by atoms with Crippen LogP contribution in [0.3, 0.4) is 0 Å². The molecule has 2 fully saturated rings. The number of fused-ring (bicyclic) bond motifs is 2. The van der Waals surface area contributed by atoms with Gasteiger partial charge in [0.2, 0.25) is 6.41 Å². The molecule has 2 rings (SSSR count). The molecule has 0 saturated carbocycles. The fourth-order valence-electron chi connectivity index (χ4n) is 2.60. The molecule has 14 heavy (non-hydrogen) atoms. The third-order valence-corrected chi connectivity index (χ3v) is 3.17. The highest BCUT2D eigenvalue weighted by molar-refractivity contribution is 5.80. The number of ketones is 1. The molecule has 1 N–H and O–H groups in total. The van der Waals surface area contributed by atoms with E-state index in [0.29, 0.717) is 25.2 Å².